The van der Waals surface area contributed by atoms with Crippen LogP contribution in [0.4, 0.5) is 5.69 Å². The Morgan fingerprint density at radius 3 is 2.43 bits per heavy atom. The maximum absolute atomic E-state index is 12.3. The average molecular weight is 365 g/mol. The zero-order valence-corrected chi connectivity index (χ0v) is 13.4. The van der Waals surface area contributed by atoms with E-state index in [0.717, 1.165) is 9.37 Å². The molecule has 0 aliphatic carbocycles. The summed E-state index contributed by atoms with van der Waals surface area (Å²) in [6.45, 7) is 0. The lowest BCUT2D eigenvalue weighted by Gasteiger charge is -2.09. The minimum Gasteiger partial charge on any atom is -0.369 e. The summed E-state index contributed by atoms with van der Waals surface area (Å²) in [4.78, 5) is 23.9. The first-order valence-electron chi connectivity index (χ1n) is 6.13. The Hall–Kier alpha value is -1.79. The van der Waals surface area contributed by atoms with Gasteiger partial charge in [0.15, 0.2) is 0 Å². The number of benzene rings is 2. The fourth-order valence-corrected chi connectivity index (χ4v) is 2.71. The van der Waals surface area contributed by atoms with Crippen molar-refractivity contribution >= 4 is 45.2 Å². The van der Waals surface area contributed by atoms with E-state index in [-0.39, 0.29) is 11.7 Å². The van der Waals surface area contributed by atoms with Crippen LogP contribution in [-0.4, -0.2) is 17.6 Å². The van der Waals surface area contributed by atoms with Crippen LogP contribution in [0.25, 0.3) is 0 Å². The minimum absolute atomic E-state index is 0.141. The van der Waals surface area contributed by atoms with E-state index < -0.39 is 5.91 Å². The van der Waals surface area contributed by atoms with E-state index in [1.165, 1.54) is 11.8 Å². The molecule has 2 aromatic carbocycles. The quantitative estimate of drug-likeness (QED) is 0.799. The van der Waals surface area contributed by atoms with Gasteiger partial charge in [-0.2, -0.15) is 0 Å². The van der Waals surface area contributed by atoms with Gasteiger partial charge >= 0.3 is 0 Å². The van der Waals surface area contributed by atoms with Crippen molar-refractivity contribution in [2.45, 2.75) is 4.90 Å². The fourth-order valence-electron chi connectivity index (χ4n) is 1.66. The predicted octanol–water partition coefficient (Wildman–Crippen LogP) is 3.28. The molecule has 0 saturated heterocycles. The highest BCUT2D eigenvalue weighted by atomic mass is 79.9. The van der Waals surface area contributed by atoms with Crippen LogP contribution in [0.1, 0.15) is 10.4 Å². The third-order valence-electron chi connectivity index (χ3n) is 2.60. The van der Waals surface area contributed by atoms with Crippen LogP contribution in [0.2, 0.25) is 0 Å². The number of carbonyl (C=O) groups is 2. The van der Waals surface area contributed by atoms with E-state index >= 15 is 0 Å². The van der Waals surface area contributed by atoms with Gasteiger partial charge in [0.1, 0.15) is 0 Å². The number of hydrogen-bond donors (Lipinski definition) is 2. The van der Waals surface area contributed by atoms with Crippen LogP contribution >= 0.6 is 27.7 Å². The van der Waals surface area contributed by atoms with E-state index in [1.54, 1.807) is 30.3 Å². The van der Waals surface area contributed by atoms with Gasteiger partial charge < -0.3 is 11.1 Å². The highest BCUT2D eigenvalue weighted by Gasteiger charge is 2.12. The molecule has 0 radical (unpaired) electrons. The number of nitrogens with two attached hydrogens (primary N) is 1. The van der Waals surface area contributed by atoms with Crippen molar-refractivity contribution in [1.82, 2.24) is 0 Å². The van der Waals surface area contributed by atoms with Crippen LogP contribution in [0.3, 0.4) is 0 Å². The molecule has 2 amide bonds. The topological polar surface area (TPSA) is 72.2 Å². The van der Waals surface area contributed by atoms with Gasteiger partial charge in [-0.1, -0.05) is 28.1 Å². The van der Waals surface area contributed by atoms with Gasteiger partial charge in [-0.15, -0.1) is 11.8 Å². The number of nitrogens with one attached hydrogen (secondary N) is 1. The molecule has 4 nitrogen and oxygen atoms in total. The smallest absolute Gasteiger partial charge is 0.256 e. The molecule has 6 heteroatoms. The summed E-state index contributed by atoms with van der Waals surface area (Å²) in [6, 6.07) is 14.4. The zero-order chi connectivity index (χ0) is 15.2. The molecule has 0 aromatic heterocycles. The van der Waals surface area contributed by atoms with Gasteiger partial charge in [-0.25, -0.2) is 0 Å². The molecule has 108 valence electrons. The largest absolute Gasteiger partial charge is 0.369 e. The summed E-state index contributed by atoms with van der Waals surface area (Å²) >= 11 is 4.60. The number of thioether (sulfide) groups is 1. The Labute approximate surface area is 135 Å². The number of rotatable bonds is 5. The number of primary amides is 1. The molecular formula is C15H13BrN2O2S. The normalized spacial score (nSPS) is 10.1. The van der Waals surface area contributed by atoms with Gasteiger partial charge in [0.05, 0.1) is 11.3 Å². The Morgan fingerprint density at radius 1 is 1.10 bits per heavy atom. The maximum Gasteiger partial charge on any atom is 0.256 e. The zero-order valence-electron chi connectivity index (χ0n) is 11.0. The van der Waals surface area contributed by atoms with Crippen molar-refractivity contribution in [3.05, 3.63) is 58.6 Å². The third-order valence-corrected chi connectivity index (χ3v) is 4.23. The number of amides is 2. The Bertz CT molecular complexity index is 659. The lowest BCUT2D eigenvalue weighted by Crippen LogP contribution is -2.15. The summed E-state index contributed by atoms with van der Waals surface area (Å²) < 4.78 is 0.943. The molecule has 0 aliphatic rings. The summed E-state index contributed by atoms with van der Waals surface area (Å²) in [7, 11) is 0. The summed E-state index contributed by atoms with van der Waals surface area (Å²) in [6.07, 6.45) is 0. The molecule has 0 bridgehead atoms. The Morgan fingerprint density at radius 2 is 1.76 bits per heavy atom. The summed E-state index contributed by atoms with van der Waals surface area (Å²) in [5, 5.41) is 2.82. The highest BCUT2D eigenvalue weighted by Crippen LogP contribution is 2.23. The molecule has 0 fully saturated rings. The lowest BCUT2D eigenvalue weighted by atomic mass is 10.2. The first-order valence-corrected chi connectivity index (χ1v) is 7.91. The van der Waals surface area contributed by atoms with Crippen molar-refractivity contribution in [3.8, 4) is 0 Å². The van der Waals surface area contributed by atoms with Gasteiger partial charge in [0, 0.05) is 15.1 Å². The Balaban J connectivity index is 2.14. The molecule has 0 saturated carbocycles. The summed E-state index contributed by atoms with van der Waals surface area (Å²) in [5.74, 6) is -0.490. The van der Waals surface area contributed by atoms with Gasteiger partial charge in [0.2, 0.25) is 5.91 Å². The average Bonchev–Trinajstić information content (AvgIpc) is 2.47. The predicted molar refractivity (Wildman–Crippen MR) is 88.5 cm³/mol. The second-order valence-corrected chi connectivity index (χ2v) is 6.15. The maximum atomic E-state index is 12.3. The lowest BCUT2D eigenvalue weighted by molar-refractivity contribution is -0.115. The second kappa shape index (κ2) is 7.28. The fraction of sp³-hybridized carbons (Fsp3) is 0.0667. The van der Waals surface area contributed by atoms with Crippen LogP contribution in [0.15, 0.2) is 57.9 Å². The van der Waals surface area contributed by atoms with Crippen LogP contribution in [0, 0.1) is 0 Å². The Kier molecular flexibility index (Phi) is 5.41. The molecule has 2 aromatic rings. The van der Waals surface area contributed by atoms with E-state index in [0.29, 0.717) is 11.3 Å². The second-order valence-electron chi connectivity index (χ2n) is 4.21. The molecule has 0 spiro atoms. The van der Waals surface area contributed by atoms with E-state index in [9.17, 15) is 9.59 Å². The SMILES string of the molecule is NC(=O)CSc1ccccc1C(=O)Nc1ccc(Br)cc1. The van der Waals surface area contributed by atoms with E-state index in [1.807, 2.05) is 18.2 Å². The van der Waals surface area contributed by atoms with Crippen molar-refractivity contribution in [2.24, 2.45) is 5.73 Å². The van der Waals surface area contributed by atoms with Crippen LogP contribution < -0.4 is 11.1 Å². The highest BCUT2D eigenvalue weighted by molar-refractivity contribution is 9.10. The first kappa shape index (κ1) is 15.6. The van der Waals surface area contributed by atoms with Crippen LogP contribution in [0.5, 0.6) is 0 Å². The number of carbonyl (C=O) groups excluding carboxylic acids is 2. The van der Waals surface area contributed by atoms with Crippen molar-refractivity contribution < 1.29 is 9.59 Å². The monoisotopic (exact) mass is 364 g/mol. The molecule has 0 aliphatic heterocycles. The molecular weight excluding hydrogens is 352 g/mol. The third kappa shape index (κ3) is 4.61. The molecule has 0 unspecified atom stereocenters. The number of hydrogen-bond acceptors (Lipinski definition) is 3. The molecule has 0 atom stereocenters. The van der Waals surface area contributed by atoms with Gasteiger partial charge in [-0.05, 0) is 36.4 Å². The number of anilines is 1. The van der Waals surface area contributed by atoms with Crippen molar-refractivity contribution in [1.29, 1.82) is 0 Å². The van der Waals surface area contributed by atoms with Crippen molar-refractivity contribution in [2.75, 3.05) is 11.1 Å². The minimum atomic E-state index is -0.414. The molecule has 2 rings (SSSR count). The molecule has 3 N–H and O–H groups in total. The summed E-state index contributed by atoms with van der Waals surface area (Å²) in [5.41, 5.74) is 6.37. The van der Waals surface area contributed by atoms with Crippen LogP contribution in [-0.2, 0) is 4.79 Å². The molecule has 21 heavy (non-hydrogen) atoms. The van der Waals surface area contributed by atoms with Gasteiger partial charge in [-0.3, -0.25) is 9.59 Å². The first-order chi connectivity index (χ1) is 10.1. The van der Waals surface area contributed by atoms with Gasteiger partial charge in [0.25, 0.3) is 5.91 Å². The number of halogens is 1. The van der Waals surface area contributed by atoms with E-state index in [4.69, 9.17) is 5.73 Å². The van der Waals surface area contributed by atoms with E-state index in [2.05, 4.69) is 21.2 Å². The standard InChI is InChI=1S/C15H13BrN2O2S/c16-10-5-7-11(8-6-10)18-15(20)12-3-1-2-4-13(12)21-9-14(17)19/h1-8H,9H2,(H2,17,19)(H,18,20). The molecule has 0 heterocycles. The van der Waals surface area contributed by atoms with Crippen molar-refractivity contribution in [3.63, 3.8) is 0 Å².